The Morgan fingerprint density at radius 2 is 1.96 bits per heavy atom. The van der Waals surface area contributed by atoms with Gasteiger partial charge in [0.05, 0.1) is 0 Å². The van der Waals surface area contributed by atoms with Gasteiger partial charge in [-0.1, -0.05) is 26.3 Å². The van der Waals surface area contributed by atoms with Crippen molar-refractivity contribution in [3.8, 4) is 0 Å². The van der Waals surface area contributed by atoms with Gasteiger partial charge in [0.25, 0.3) is 0 Å². The molecule has 0 bridgehead atoms. The lowest BCUT2D eigenvalue weighted by Crippen LogP contribution is -2.51. The fourth-order valence-electron chi connectivity index (χ4n) is 7.71. The number of aliphatic hydroxyl groups is 1. The number of carbonyl (C=O) groups excluding carboxylic acids is 2. The molecule has 4 aliphatic carbocycles. The molecule has 3 fully saturated rings. The van der Waals surface area contributed by atoms with Crippen molar-refractivity contribution >= 4 is 11.6 Å². The number of hydrogen-bond acceptors (Lipinski definition) is 3. The number of carbonyl (C=O) groups is 2. The van der Waals surface area contributed by atoms with E-state index in [1.165, 1.54) is 18.4 Å². The van der Waals surface area contributed by atoms with Crippen LogP contribution < -0.4 is 0 Å². The highest BCUT2D eigenvalue weighted by Gasteiger charge is 2.61. The first-order chi connectivity index (χ1) is 11.8. The average Bonchev–Trinajstić information content (AvgIpc) is 2.85. The highest BCUT2D eigenvalue weighted by molar-refractivity contribution is 5.91. The molecule has 0 aromatic carbocycles. The Morgan fingerprint density at radius 3 is 2.68 bits per heavy atom. The maximum atomic E-state index is 12.5. The third-order valence-corrected chi connectivity index (χ3v) is 8.81. The van der Waals surface area contributed by atoms with E-state index in [0.717, 1.165) is 25.7 Å². The van der Waals surface area contributed by atoms with Crippen molar-refractivity contribution in [3.05, 3.63) is 11.6 Å². The zero-order chi connectivity index (χ0) is 18.0. The van der Waals surface area contributed by atoms with Gasteiger partial charge < -0.3 is 5.11 Å². The van der Waals surface area contributed by atoms with E-state index in [2.05, 4.69) is 20.8 Å². The fourth-order valence-corrected chi connectivity index (χ4v) is 7.71. The van der Waals surface area contributed by atoms with Crippen LogP contribution in [-0.2, 0) is 9.59 Å². The summed E-state index contributed by atoms with van der Waals surface area (Å²) in [6.45, 7) is 6.64. The van der Waals surface area contributed by atoms with Crippen LogP contribution in [0.1, 0.15) is 65.7 Å². The predicted molar refractivity (Wildman–Crippen MR) is 96.8 cm³/mol. The molecule has 4 rings (SSSR count). The van der Waals surface area contributed by atoms with Gasteiger partial charge >= 0.3 is 0 Å². The molecule has 0 amide bonds. The van der Waals surface area contributed by atoms with E-state index in [-0.39, 0.29) is 29.1 Å². The van der Waals surface area contributed by atoms with Gasteiger partial charge in [0.2, 0.25) is 0 Å². The quantitative estimate of drug-likeness (QED) is 0.825. The Kier molecular flexibility index (Phi) is 4.03. The molecule has 0 aromatic heterocycles. The van der Waals surface area contributed by atoms with Crippen LogP contribution in [0, 0.1) is 40.4 Å². The number of ketones is 2. The molecule has 0 saturated heterocycles. The van der Waals surface area contributed by atoms with Crippen LogP contribution in [0.3, 0.4) is 0 Å². The van der Waals surface area contributed by atoms with Gasteiger partial charge in [-0.2, -0.15) is 0 Å². The molecule has 0 aliphatic heterocycles. The Bertz CT molecular complexity index is 635. The van der Waals surface area contributed by atoms with Crippen molar-refractivity contribution < 1.29 is 14.7 Å². The van der Waals surface area contributed by atoms with Gasteiger partial charge in [-0.25, -0.2) is 0 Å². The largest absolute Gasteiger partial charge is 0.389 e. The van der Waals surface area contributed by atoms with Crippen molar-refractivity contribution in [3.63, 3.8) is 0 Å². The van der Waals surface area contributed by atoms with Gasteiger partial charge in [0.15, 0.2) is 11.6 Å². The van der Waals surface area contributed by atoms with Gasteiger partial charge in [-0.3, -0.25) is 9.59 Å². The van der Waals surface area contributed by atoms with E-state index in [4.69, 9.17) is 0 Å². The molecule has 4 aliphatic rings. The minimum atomic E-state index is -0.307. The maximum absolute atomic E-state index is 12.5. The van der Waals surface area contributed by atoms with Gasteiger partial charge in [-0.05, 0) is 79.1 Å². The number of Topliss-reactive ketones (excluding diaryl/α,β-unsaturated/α-hetero) is 1. The van der Waals surface area contributed by atoms with Crippen molar-refractivity contribution in [2.75, 3.05) is 6.61 Å². The van der Waals surface area contributed by atoms with Crippen molar-refractivity contribution in [1.82, 2.24) is 0 Å². The molecule has 3 saturated carbocycles. The Labute approximate surface area is 151 Å². The van der Waals surface area contributed by atoms with Crippen molar-refractivity contribution in [2.45, 2.75) is 65.7 Å². The lowest BCUT2D eigenvalue weighted by Gasteiger charge is -2.58. The van der Waals surface area contributed by atoms with E-state index in [1.807, 2.05) is 6.08 Å². The number of rotatable bonds is 2. The molecular formula is C22H32O3. The SMILES string of the molecule is C[C@@H]1C[C@H]2[C@@H]3CCC4=CC(=O)CC[C@]4(C)[C@H]3CC[C@]2(C)[C@H]1C(=O)CO. The second-order valence-corrected chi connectivity index (χ2v) is 9.83. The van der Waals surface area contributed by atoms with Crippen LogP contribution in [0.15, 0.2) is 11.6 Å². The first-order valence-electron chi connectivity index (χ1n) is 10.2. The first-order valence-corrected chi connectivity index (χ1v) is 10.2. The van der Waals surface area contributed by atoms with Gasteiger partial charge in [0, 0.05) is 12.3 Å². The van der Waals surface area contributed by atoms with Gasteiger partial charge in [0.1, 0.15) is 6.61 Å². The van der Waals surface area contributed by atoms with Crippen LogP contribution in [-0.4, -0.2) is 23.3 Å². The smallest absolute Gasteiger partial charge is 0.162 e. The molecule has 0 unspecified atom stereocenters. The molecule has 1 N–H and O–H groups in total. The molecular weight excluding hydrogens is 312 g/mol. The summed E-state index contributed by atoms with van der Waals surface area (Å²) in [6, 6.07) is 0. The van der Waals surface area contributed by atoms with E-state index >= 15 is 0 Å². The minimum Gasteiger partial charge on any atom is -0.389 e. The maximum Gasteiger partial charge on any atom is 0.162 e. The van der Waals surface area contributed by atoms with Crippen LogP contribution in [0.25, 0.3) is 0 Å². The summed E-state index contributed by atoms with van der Waals surface area (Å²) in [4.78, 5) is 24.4. The number of allylic oxidation sites excluding steroid dienone is 1. The molecule has 3 heteroatoms. The second-order valence-electron chi connectivity index (χ2n) is 9.83. The highest BCUT2D eigenvalue weighted by Crippen LogP contribution is 2.67. The molecule has 3 nitrogen and oxygen atoms in total. The lowest BCUT2D eigenvalue weighted by molar-refractivity contribution is -0.134. The standard InChI is InChI=1S/C22H32O3/c1-13-10-18-16-5-4-14-11-15(24)6-8-21(14,2)17(16)7-9-22(18,3)20(13)19(25)12-23/h11,13,16-18,20,23H,4-10,12H2,1-3H3/t13-,16-,17+,18+,20-,21+,22+/m1/s1. The highest BCUT2D eigenvalue weighted by atomic mass is 16.3. The van der Waals surface area contributed by atoms with E-state index in [9.17, 15) is 14.7 Å². The summed E-state index contributed by atoms with van der Waals surface area (Å²) < 4.78 is 0. The molecule has 138 valence electrons. The van der Waals surface area contributed by atoms with Crippen LogP contribution in [0.4, 0.5) is 0 Å². The summed E-state index contributed by atoms with van der Waals surface area (Å²) >= 11 is 0. The van der Waals surface area contributed by atoms with E-state index in [1.54, 1.807) is 0 Å². The van der Waals surface area contributed by atoms with Crippen LogP contribution in [0.5, 0.6) is 0 Å². The molecule has 0 radical (unpaired) electrons. The zero-order valence-electron chi connectivity index (χ0n) is 15.9. The Hall–Kier alpha value is -0.960. The minimum absolute atomic E-state index is 0.0288. The number of aliphatic hydroxyl groups excluding tert-OH is 1. The summed E-state index contributed by atoms with van der Waals surface area (Å²) in [5, 5.41) is 9.48. The summed E-state index contributed by atoms with van der Waals surface area (Å²) in [7, 11) is 0. The monoisotopic (exact) mass is 344 g/mol. The number of fused-ring (bicyclic) bond motifs is 5. The first kappa shape index (κ1) is 17.5. The summed E-state index contributed by atoms with van der Waals surface area (Å²) in [5.74, 6) is 2.71. The zero-order valence-corrected chi connectivity index (χ0v) is 15.9. The molecule has 0 spiro atoms. The van der Waals surface area contributed by atoms with Crippen LogP contribution in [0.2, 0.25) is 0 Å². The van der Waals surface area contributed by atoms with E-state index in [0.29, 0.717) is 35.9 Å². The number of hydrogen-bond donors (Lipinski definition) is 1. The van der Waals surface area contributed by atoms with E-state index < -0.39 is 0 Å². The molecule has 7 atom stereocenters. The van der Waals surface area contributed by atoms with Crippen molar-refractivity contribution in [1.29, 1.82) is 0 Å². The van der Waals surface area contributed by atoms with Crippen molar-refractivity contribution in [2.24, 2.45) is 40.4 Å². The lowest BCUT2D eigenvalue weighted by atomic mass is 9.46. The summed E-state index contributed by atoms with van der Waals surface area (Å²) in [6.07, 6.45) is 9.29. The predicted octanol–water partition coefficient (Wildman–Crippen LogP) is 3.94. The second kappa shape index (κ2) is 5.77. The third-order valence-electron chi connectivity index (χ3n) is 8.81. The fraction of sp³-hybridized carbons (Fsp3) is 0.818. The molecule has 0 heterocycles. The topological polar surface area (TPSA) is 54.4 Å². The summed E-state index contributed by atoms with van der Waals surface area (Å²) in [5.41, 5.74) is 1.66. The van der Waals surface area contributed by atoms with Gasteiger partial charge in [-0.15, -0.1) is 0 Å². The average molecular weight is 344 g/mol. The Balaban J connectivity index is 1.67. The molecule has 0 aromatic rings. The van der Waals surface area contributed by atoms with Crippen LogP contribution >= 0.6 is 0 Å². The third kappa shape index (κ3) is 2.34. The normalized spacial score (nSPS) is 49.0. The molecule has 25 heavy (non-hydrogen) atoms. The Morgan fingerprint density at radius 1 is 1.20 bits per heavy atom.